The highest BCUT2D eigenvalue weighted by atomic mass is 15.1. The lowest BCUT2D eigenvalue weighted by Crippen LogP contribution is -2.33. The van der Waals surface area contributed by atoms with E-state index in [1.807, 2.05) is 7.05 Å². The zero-order valence-corrected chi connectivity index (χ0v) is 11.3. The minimum atomic E-state index is 0.784. The molecule has 0 aromatic heterocycles. The van der Waals surface area contributed by atoms with Crippen molar-refractivity contribution in [2.45, 2.75) is 40.5 Å². The molecular weight excluding hydrogens is 184 g/mol. The summed E-state index contributed by atoms with van der Waals surface area (Å²) in [5.41, 5.74) is 0. The molecule has 2 nitrogen and oxygen atoms in total. The Labute approximate surface area is 96.4 Å². The monoisotopic (exact) mass is 214 g/mol. The minimum Gasteiger partial charge on any atom is -0.320 e. The summed E-state index contributed by atoms with van der Waals surface area (Å²) in [4.78, 5) is 2.59. The number of nitrogens with one attached hydrogen (secondary N) is 1. The average Bonchev–Trinajstić information content (AvgIpc) is 2.21. The molecule has 0 aliphatic heterocycles. The van der Waals surface area contributed by atoms with Gasteiger partial charge in [0.15, 0.2) is 0 Å². The van der Waals surface area contributed by atoms with Crippen molar-refractivity contribution in [2.75, 3.05) is 33.2 Å². The fourth-order valence-electron chi connectivity index (χ4n) is 1.99. The summed E-state index contributed by atoms with van der Waals surface area (Å²) < 4.78 is 0. The number of rotatable bonds is 9. The molecule has 0 aromatic carbocycles. The Kier molecular flexibility index (Phi) is 9.12. The predicted molar refractivity (Wildman–Crippen MR) is 69.3 cm³/mol. The normalized spacial score (nSPS) is 13.8. The lowest BCUT2D eigenvalue weighted by molar-refractivity contribution is 0.209. The van der Waals surface area contributed by atoms with Crippen LogP contribution in [0, 0.1) is 11.8 Å². The second kappa shape index (κ2) is 9.17. The summed E-state index contributed by atoms with van der Waals surface area (Å²) in [6.07, 6.45) is 2.61. The highest BCUT2D eigenvalue weighted by molar-refractivity contribution is 4.66. The van der Waals surface area contributed by atoms with Gasteiger partial charge in [-0.15, -0.1) is 0 Å². The van der Waals surface area contributed by atoms with Gasteiger partial charge in [0.1, 0.15) is 0 Å². The van der Waals surface area contributed by atoms with E-state index in [-0.39, 0.29) is 0 Å². The molecule has 0 aromatic rings. The molecule has 0 saturated heterocycles. The van der Waals surface area contributed by atoms with Crippen LogP contribution in [0.25, 0.3) is 0 Å². The summed E-state index contributed by atoms with van der Waals surface area (Å²) in [5.74, 6) is 1.64. The standard InChI is InChI=1S/C13H30N2/c1-6-13(8-9-14-5)11-15(7-2)10-12(3)4/h12-14H,6-11H2,1-5H3. The van der Waals surface area contributed by atoms with E-state index in [2.05, 4.69) is 37.9 Å². The molecule has 1 unspecified atom stereocenters. The van der Waals surface area contributed by atoms with Crippen LogP contribution in [0.2, 0.25) is 0 Å². The Balaban J connectivity index is 3.88. The van der Waals surface area contributed by atoms with Crippen LogP contribution in [0.3, 0.4) is 0 Å². The summed E-state index contributed by atoms with van der Waals surface area (Å²) >= 11 is 0. The van der Waals surface area contributed by atoms with Gasteiger partial charge in [0.2, 0.25) is 0 Å². The lowest BCUT2D eigenvalue weighted by atomic mass is 10.0. The van der Waals surface area contributed by atoms with Gasteiger partial charge in [0.05, 0.1) is 0 Å². The van der Waals surface area contributed by atoms with Crippen LogP contribution in [-0.2, 0) is 0 Å². The molecule has 1 N–H and O–H groups in total. The molecule has 15 heavy (non-hydrogen) atoms. The Morgan fingerprint density at radius 2 is 1.80 bits per heavy atom. The van der Waals surface area contributed by atoms with E-state index in [1.165, 1.54) is 32.5 Å². The third kappa shape index (κ3) is 7.80. The van der Waals surface area contributed by atoms with Crippen molar-refractivity contribution in [3.8, 4) is 0 Å². The first-order valence-corrected chi connectivity index (χ1v) is 6.50. The van der Waals surface area contributed by atoms with Gasteiger partial charge in [0, 0.05) is 13.1 Å². The van der Waals surface area contributed by atoms with E-state index >= 15 is 0 Å². The van der Waals surface area contributed by atoms with Crippen molar-refractivity contribution < 1.29 is 0 Å². The molecule has 92 valence electrons. The predicted octanol–water partition coefficient (Wildman–Crippen LogP) is 2.60. The van der Waals surface area contributed by atoms with Gasteiger partial charge in [-0.1, -0.05) is 34.1 Å². The van der Waals surface area contributed by atoms with Crippen molar-refractivity contribution in [3.05, 3.63) is 0 Å². The van der Waals surface area contributed by atoms with Crippen LogP contribution in [0.4, 0.5) is 0 Å². The maximum absolute atomic E-state index is 3.25. The largest absolute Gasteiger partial charge is 0.320 e. The molecule has 0 spiro atoms. The van der Waals surface area contributed by atoms with Crippen LogP contribution in [-0.4, -0.2) is 38.1 Å². The molecule has 0 rings (SSSR count). The summed E-state index contributed by atoms with van der Waals surface area (Å²) in [6, 6.07) is 0. The van der Waals surface area contributed by atoms with Crippen LogP contribution in [0.5, 0.6) is 0 Å². The van der Waals surface area contributed by atoms with E-state index in [9.17, 15) is 0 Å². The third-order valence-corrected chi connectivity index (χ3v) is 2.97. The fourth-order valence-corrected chi connectivity index (χ4v) is 1.99. The quantitative estimate of drug-likeness (QED) is 0.635. The minimum absolute atomic E-state index is 0.784. The first kappa shape index (κ1) is 14.9. The smallest absolute Gasteiger partial charge is 0.00100 e. The summed E-state index contributed by atoms with van der Waals surface area (Å²) in [5, 5.41) is 3.25. The molecule has 0 heterocycles. The van der Waals surface area contributed by atoms with Crippen LogP contribution in [0.1, 0.15) is 40.5 Å². The third-order valence-electron chi connectivity index (χ3n) is 2.97. The first-order valence-electron chi connectivity index (χ1n) is 6.50. The number of hydrogen-bond donors (Lipinski definition) is 1. The van der Waals surface area contributed by atoms with Crippen molar-refractivity contribution in [3.63, 3.8) is 0 Å². The van der Waals surface area contributed by atoms with Gasteiger partial charge in [-0.3, -0.25) is 0 Å². The fraction of sp³-hybridized carbons (Fsp3) is 1.00. The van der Waals surface area contributed by atoms with Gasteiger partial charge in [-0.2, -0.15) is 0 Å². The molecule has 0 amide bonds. The second-order valence-corrected chi connectivity index (χ2v) is 4.91. The molecule has 0 saturated carbocycles. The number of nitrogens with zero attached hydrogens (tertiary/aromatic N) is 1. The van der Waals surface area contributed by atoms with Crippen LogP contribution < -0.4 is 5.32 Å². The average molecular weight is 214 g/mol. The molecule has 0 radical (unpaired) electrons. The molecule has 2 heteroatoms. The summed E-state index contributed by atoms with van der Waals surface area (Å²) in [7, 11) is 2.04. The molecule has 0 aliphatic rings. The van der Waals surface area contributed by atoms with Crippen molar-refractivity contribution in [2.24, 2.45) is 11.8 Å². The lowest BCUT2D eigenvalue weighted by Gasteiger charge is -2.27. The highest BCUT2D eigenvalue weighted by Gasteiger charge is 2.11. The Morgan fingerprint density at radius 1 is 1.13 bits per heavy atom. The zero-order chi connectivity index (χ0) is 11.7. The Hall–Kier alpha value is -0.0800. The van der Waals surface area contributed by atoms with Crippen molar-refractivity contribution in [1.82, 2.24) is 10.2 Å². The van der Waals surface area contributed by atoms with Crippen LogP contribution in [0.15, 0.2) is 0 Å². The SMILES string of the molecule is CCC(CCNC)CN(CC)CC(C)C. The van der Waals surface area contributed by atoms with Gasteiger partial charge in [-0.25, -0.2) is 0 Å². The van der Waals surface area contributed by atoms with E-state index < -0.39 is 0 Å². The molecule has 1 atom stereocenters. The van der Waals surface area contributed by atoms with E-state index in [4.69, 9.17) is 0 Å². The van der Waals surface area contributed by atoms with Gasteiger partial charge >= 0.3 is 0 Å². The molecule has 0 aliphatic carbocycles. The maximum atomic E-state index is 3.25. The van der Waals surface area contributed by atoms with Gasteiger partial charge in [-0.05, 0) is 38.4 Å². The summed E-state index contributed by atoms with van der Waals surface area (Å²) in [6.45, 7) is 14.0. The molecule has 0 fully saturated rings. The zero-order valence-electron chi connectivity index (χ0n) is 11.3. The molecular formula is C13H30N2. The Bertz CT molecular complexity index is 134. The van der Waals surface area contributed by atoms with Gasteiger partial charge < -0.3 is 10.2 Å². The highest BCUT2D eigenvalue weighted by Crippen LogP contribution is 2.11. The van der Waals surface area contributed by atoms with E-state index in [1.54, 1.807) is 0 Å². The Morgan fingerprint density at radius 3 is 2.20 bits per heavy atom. The van der Waals surface area contributed by atoms with E-state index in [0.29, 0.717) is 0 Å². The molecule has 0 bridgehead atoms. The number of hydrogen-bond acceptors (Lipinski definition) is 2. The van der Waals surface area contributed by atoms with Gasteiger partial charge in [0.25, 0.3) is 0 Å². The van der Waals surface area contributed by atoms with Crippen LogP contribution >= 0.6 is 0 Å². The first-order chi connectivity index (χ1) is 7.13. The van der Waals surface area contributed by atoms with Crippen molar-refractivity contribution in [1.29, 1.82) is 0 Å². The van der Waals surface area contributed by atoms with Crippen molar-refractivity contribution >= 4 is 0 Å². The maximum Gasteiger partial charge on any atom is 0.00100 e. The van der Waals surface area contributed by atoms with E-state index in [0.717, 1.165) is 18.4 Å². The second-order valence-electron chi connectivity index (χ2n) is 4.91. The topological polar surface area (TPSA) is 15.3 Å².